The first-order valence-electron chi connectivity index (χ1n) is 11.5. The summed E-state index contributed by atoms with van der Waals surface area (Å²) in [4.78, 5) is 13.9. The predicted molar refractivity (Wildman–Crippen MR) is 123 cm³/mol. The summed E-state index contributed by atoms with van der Waals surface area (Å²) in [5.41, 5.74) is 1.52. The fourth-order valence-electron chi connectivity index (χ4n) is 5.73. The van der Waals surface area contributed by atoms with Gasteiger partial charge < -0.3 is 19.5 Å². The average molecular weight is 430 g/mol. The summed E-state index contributed by atoms with van der Waals surface area (Å²) in [5, 5.41) is 11.7. The van der Waals surface area contributed by atoms with Crippen LogP contribution in [0, 0.1) is 23.7 Å². The number of esters is 1. The molecule has 0 bridgehead atoms. The van der Waals surface area contributed by atoms with E-state index >= 15 is 0 Å². The molecule has 0 heterocycles. The molecule has 5 heteroatoms. The summed E-state index contributed by atoms with van der Waals surface area (Å²) >= 11 is 0. The molecule has 6 atom stereocenters. The lowest BCUT2D eigenvalue weighted by Crippen LogP contribution is -2.56. The molecule has 0 amide bonds. The highest BCUT2D eigenvalue weighted by Gasteiger charge is 2.52. The normalized spacial score (nSPS) is 31.5. The van der Waals surface area contributed by atoms with Crippen molar-refractivity contribution in [3.8, 4) is 5.75 Å². The topological polar surface area (TPSA) is 59.0 Å². The lowest BCUT2D eigenvalue weighted by atomic mass is 9.57. The van der Waals surface area contributed by atoms with E-state index in [2.05, 4.69) is 44.0 Å². The third kappa shape index (κ3) is 5.32. The third-order valence-electron chi connectivity index (χ3n) is 7.54. The van der Waals surface area contributed by atoms with Gasteiger partial charge in [-0.15, -0.1) is 0 Å². The van der Waals surface area contributed by atoms with Crippen LogP contribution in [-0.2, 0) is 16.1 Å². The molecular formula is C26H39NO4. The van der Waals surface area contributed by atoms with E-state index in [9.17, 15) is 9.90 Å². The number of carbonyl (C=O) groups excluding carboxylic acids is 1. The van der Waals surface area contributed by atoms with Crippen molar-refractivity contribution in [3.63, 3.8) is 0 Å². The summed E-state index contributed by atoms with van der Waals surface area (Å²) in [6.45, 7) is 9.78. The number of rotatable bonds is 7. The molecule has 5 nitrogen and oxygen atoms in total. The summed E-state index contributed by atoms with van der Waals surface area (Å²) in [6.07, 6.45) is 4.52. The molecule has 172 valence electrons. The van der Waals surface area contributed by atoms with Gasteiger partial charge >= 0.3 is 5.97 Å². The number of ether oxygens (including phenoxy) is 2. The van der Waals surface area contributed by atoms with Gasteiger partial charge in [0.25, 0.3) is 0 Å². The van der Waals surface area contributed by atoms with Crippen molar-refractivity contribution >= 4 is 5.97 Å². The Morgan fingerprint density at radius 2 is 1.97 bits per heavy atom. The molecule has 31 heavy (non-hydrogen) atoms. The zero-order valence-electron chi connectivity index (χ0n) is 19.9. The zero-order valence-corrected chi connectivity index (χ0v) is 19.9. The number of methoxy groups -OCH3 is 1. The van der Waals surface area contributed by atoms with E-state index in [4.69, 9.17) is 9.47 Å². The molecule has 3 rings (SSSR count). The van der Waals surface area contributed by atoms with Crippen LogP contribution in [0.5, 0.6) is 5.75 Å². The van der Waals surface area contributed by atoms with Gasteiger partial charge in [-0.1, -0.05) is 32.1 Å². The number of nitrogens with zero attached hydrogens (tertiary/aromatic N) is 1. The third-order valence-corrected chi connectivity index (χ3v) is 7.54. The zero-order chi connectivity index (χ0) is 22.8. The molecule has 1 aromatic rings. The number of hydrogen-bond acceptors (Lipinski definition) is 5. The van der Waals surface area contributed by atoms with Crippen molar-refractivity contribution in [1.29, 1.82) is 0 Å². The number of aliphatic hydroxyl groups is 1. The van der Waals surface area contributed by atoms with Crippen molar-refractivity contribution in [2.24, 2.45) is 23.7 Å². The van der Waals surface area contributed by atoms with Gasteiger partial charge in [0.15, 0.2) is 0 Å². The van der Waals surface area contributed by atoms with E-state index in [1.54, 1.807) is 7.11 Å². The van der Waals surface area contributed by atoms with E-state index in [0.717, 1.165) is 37.3 Å². The summed E-state index contributed by atoms with van der Waals surface area (Å²) in [5.74, 6) is 1.75. The molecule has 0 saturated heterocycles. The number of fused-ring (bicyclic) bond motifs is 1. The predicted octanol–water partition coefficient (Wildman–Crippen LogP) is 4.44. The van der Waals surface area contributed by atoms with Crippen LogP contribution in [0.15, 0.2) is 35.9 Å². The highest BCUT2D eigenvalue weighted by Crippen LogP contribution is 2.51. The SMILES string of the molecule is COc1ccc(CN(C)CC(C)[C@@H]2CC[C@@H](C)[C@]3(O)C[C@@H](OC(C)=O)C(C)=C[C@H]23)cc1. The van der Waals surface area contributed by atoms with E-state index in [1.165, 1.54) is 12.5 Å². The lowest BCUT2D eigenvalue weighted by Gasteiger charge is -2.53. The molecule has 0 spiro atoms. The van der Waals surface area contributed by atoms with Gasteiger partial charge in [0, 0.05) is 32.4 Å². The Bertz CT molecular complexity index is 789. The van der Waals surface area contributed by atoms with E-state index in [1.807, 2.05) is 19.1 Å². The van der Waals surface area contributed by atoms with Crippen LogP contribution in [0.1, 0.15) is 52.5 Å². The van der Waals surface area contributed by atoms with Crippen molar-refractivity contribution < 1.29 is 19.4 Å². The molecule has 1 N–H and O–H groups in total. The minimum Gasteiger partial charge on any atom is -0.497 e. The van der Waals surface area contributed by atoms with Crippen molar-refractivity contribution in [2.45, 2.75) is 65.2 Å². The largest absolute Gasteiger partial charge is 0.497 e. The van der Waals surface area contributed by atoms with Crippen LogP contribution < -0.4 is 4.74 Å². The fourth-order valence-corrected chi connectivity index (χ4v) is 5.73. The molecule has 1 saturated carbocycles. The summed E-state index contributed by atoms with van der Waals surface area (Å²) in [7, 11) is 3.85. The van der Waals surface area contributed by atoms with Crippen LogP contribution in [0.2, 0.25) is 0 Å². The first-order valence-corrected chi connectivity index (χ1v) is 11.5. The maximum absolute atomic E-state index is 11.7. The smallest absolute Gasteiger partial charge is 0.303 e. The second kappa shape index (κ2) is 9.74. The molecule has 0 radical (unpaired) electrons. The first-order chi connectivity index (χ1) is 14.6. The van der Waals surface area contributed by atoms with E-state index < -0.39 is 5.60 Å². The Hall–Kier alpha value is -1.85. The molecule has 1 fully saturated rings. The van der Waals surface area contributed by atoms with E-state index in [0.29, 0.717) is 18.3 Å². The Morgan fingerprint density at radius 1 is 1.29 bits per heavy atom. The highest BCUT2D eigenvalue weighted by molar-refractivity contribution is 5.66. The second-order valence-corrected chi connectivity index (χ2v) is 9.89. The Labute approximate surface area is 187 Å². The molecular weight excluding hydrogens is 390 g/mol. The fraction of sp³-hybridized carbons (Fsp3) is 0.654. The monoisotopic (exact) mass is 429 g/mol. The lowest BCUT2D eigenvalue weighted by molar-refractivity contribution is -0.159. The van der Waals surface area contributed by atoms with Crippen LogP contribution >= 0.6 is 0 Å². The van der Waals surface area contributed by atoms with Gasteiger partial charge in [0.2, 0.25) is 0 Å². The highest BCUT2D eigenvalue weighted by atomic mass is 16.5. The number of benzene rings is 1. The van der Waals surface area contributed by atoms with E-state index in [-0.39, 0.29) is 23.9 Å². The van der Waals surface area contributed by atoms with Crippen LogP contribution in [0.4, 0.5) is 0 Å². The van der Waals surface area contributed by atoms with Gasteiger partial charge in [-0.2, -0.15) is 0 Å². The van der Waals surface area contributed by atoms with Crippen molar-refractivity contribution in [1.82, 2.24) is 4.90 Å². The van der Waals surface area contributed by atoms with Gasteiger partial charge in [-0.3, -0.25) is 4.79 Å². The summed E-state index contributed by atoms with van der Waals surface area (Å²) < 4.78 is 10.8. The molecule has 0 aliphatic heterocycles. The van der Waals surface area contributed by atoms with Crippen molar-refractivity contribution in [2.75, 3.05) is 20.7 Å². The second-order valence-electron chi connectivity index (χ2n) is 9.89. The van der Waals surface area contributed by atoms with Gasteiger partial charge in [0.05, 0.1) is 12.7 Å². The van der Waals surface area contributed by atoms with Gasteiger partial charge in [-0.05, 0) is 67.8 Å². The minimum absolute atomic E-state index is 0.104. The maximum Gasteiger partial charge on any atom is 0.303 e. The van der Waals surface area contributed by atoms with Crippen molar-refractivity contribution in [3.05, 3.63) is 41.5 Å². The molecule has 1 aromatic carbocycles. The Kier molecular flexibility index (Phi) is 7.48. The van der Waals surface area contributed by atoms with Crippen LogP contribution in [0.25, 0.3) is 0 Å². The molecule has 0 aromatic heterocycles. The van der Waals surface area contributed by atoms with Gasteiger partial charge in [-0.25, -0.2) is 0 Å². The number of hydrogen-bond donors (Lipinski definition) is 1. The minimum atomic E-state index is -0.814. The Balaban J connectivity index is 1.70. The maximum atomic E-state index is 11.7. The Morgan fingerprint density at radius 3 is 2.58 bits per heavy atom. The standard InChI is InChI=1S/C26H39NO4/c1-17-13-24-23(12-7-19(3)26(24,29)14-25(17)31-20(4)28)18(2)15-27(5)16-21-8-10-22(30-6)11-9-21/h8-11,13,18-19,23-25,29H,7,12,14-16H2,1-6H3/t18?,19-,23+,24-,25-,26-/m1/s1. The van der Waals surface area contributed by atoms with Gasteiger partial charge in [0.1, 0.15) is 11.9 Å². The number of carbonyl (C=O) groups is 1. The molecule has 2 aliphatic carbocycles. The first kappa shape index (κ1) is 23.8. The van der Waals surface area contributed by atoms with Crippen LogP contribution in [-0.4, -0.2) is 48.4 Å². The quantitative estimate of drug-likeness (QED) is 0.513. The van der Waals surface area contributed by atoms with Crippen LogP contribution in [0.3, 0.4) is 0 Å². The summed E-state index contributed by atoms with van der Waals surface area (Å²) in [6, 6.07) is 8.24. The molecule has 1 unspecified atom stereocenters. The molecule has 2 aliphatic rings. The average Bonchev–Trinajstić information content (AvgIpc) is 2.70.